The maximum atomic E-state index is 12.6. The molecule has 11 heteroatoms. The lowest BCUT2D eigenvalue weighted by atomic mass is 10.2. The Morgan fingerprint density at radius 2 is 1.66 bits per heavy atom. The number of carbonyl (C=O) groups is 1. The van der Waals surface area contributed by atoms with Gasteiger partial charge in [0.2, 0.25) is 15.9 Å². The largest absolute Gasteiger partial charge is 0.356 e. The van der Waals surface area contributed by atoms with Gasteiger partial charge in [0.15, 0.2) is 5.96 Å². The summed E-state index contributed by atoms with van der Waals surface area (Å²) >= 11 is 0. The highest BCUT2D eigenvalue weighted by Gasteiger charge is 2.30. The van der Waals surface area contributed by atoms with E-state index in [-0.39, 0.29) is 41.7 Å². The Balaban J connectivity index is 0.00000420. The van der Waals surface area contributed by atoms with Gasteiger partial charge in [-0.15, -0.1) is 24.0 Å². The highest BCUT2D eigenvalue weighted by atomic mass is 127. The van der Waals surface area contributed by atoms with E-state index >= 15 is 0 Å². The van der Waals surface area contributed by atoms with Crippen molar-refractivity contribution in [3.8, 4) is 0 Å². The zero-order valence-corrected chi connectivity index (χ0v) is 21.0. The highest BCUT2D eigenvalue weighted by Crippen LogP contribution is 2.14. The molecule has 2 saturated heterocycles. The number of hydrogen-bond donors (Lipinski definition) is 2. The molecule has 0 spiro atoms. The summed E-state index contributed by atoms with van der Waals surface area (Å²) in [5, 5.41) is 3.30. The minimum atomic E-state index is -3.13. The van der Waals surface area contributed by atoms with Gasteiger partial charge in [0, 0.05) is 59.4 Å². The molecule has 1 atom stereocenters. The first-order valence-electron chi connectivity index (χ1n) is 10.3. The van der Waals surface area contributed by atoms with Crippen LogP contribution in [0.5, 0.6) is 0 Å². The van der Waals surface area contributed by atoms with Gasteiger partial charge in [-0.2, -0.15) is 0 Å². The third-order valence-electron chi connectivity index (χ3n) is 5.49. The Bertz CT molecular complexity index is 632. The van der Waals surface area contributed by atoms with Crippen molar-refractivity contribution >= 4 is 45.9 Å². The minimum Gasteiger partial charge on any atom is -0.356 e. The first-order chi connectivity index (χ1) is 13.4. The average Bonchev–Trinajstić information content (AvgIpc) is 3.24. The fraction of sp³-hybridized carbons (Fsp3) is 0.889. The van der Waals surface area contributed by atoms with E-state index in [9.17, 15) is 13.2 Å². The van der Waals surface area contributed by atoms with E-state index in [4.69, 9.17) is 0 Å². The van der Waals surface area contributed by atoms with Crippen LogP contribution in [0.25, 0.3) is 0 Å². The molecule has 2 aliphatic heterocycles. The SMILES string of the molecule is CCS(=O)(=O)NCCCNC(=NC)N1CCN(C(C)C(=O)N2CCCC2)CC1.I. The van der Waals surface area contributed by atoms with E-state index in [2.05, 4.69) is 24.8 Å². The van der Waals surface area contributed by atoms with E-state index < -0.39 is 10.0 Å². The van der Waals surface area contributed by atoms with Crippen molar-refractivity contribution in [2.75, 3.05) is 65.2 Å². The number of amides is 1. The zero-order valence-electron chi connectivity index (χ0n) is 17.9. The van der Waals surface area contributed by atoms with E-state index in [1.165, 1.54) is 0 Å². The van der Waals surface area contributed by atoms with Crippen molar-refractivity contribution in [3.05, 3.63) is 0 Å². The quantitative estimate of drug-likeness (QED) is 0.195. The number of sulfonamides is 1. The van der Waals surface area contributed by atoms with E-state index in [1.807, 2.05) is 11.8 Å². The monoisotopic (exact) mass is 544 g/mol. The maximum absolute atomic E-state index is 12.6. The zero-order chi connectivity index (χ0) is 20.6. The Morgan fingerprint density at radius 3 is 2.21 bits per heavy atom. The summed E-state index contributed by atoms with van der Waals surface area (Å²) in [6.07, 6.45) is 2.93. The first-order valence-corrected chi connectivity index (χ1v) is 12.0. The molecular formula is C18H37IN6O3S. The van der Waals surface area contributed by atoms with E-state index in [0.717, 1.165) is 58.1 Å². The van der Waals surface area contributed by atoms with Crippen molar-refractivity contribution in [1.82, 2.24) is 24.7 Å². The molecule has 0 aromatic carbocycles. The first kappa shape index (κ1) is 26.4. The Kier molecular flexibility index (Phi) is 11.7. The standard InChI is InChI=1S/C18H36N6O3S.HI/c1-4-28(26,27)21-9-7-8-20-18(19-3)24-14-12-22(13-15-24)16(2)17(25)23-10-5-6-11-23;/h16,21H,4-15H2,1-3H3,(H,19,20);1H. The summed E-state index contributed by atoms with van der Waals surface area (Å²) < 4.78 is 25.4. The normalized spacial score (nSPS) is 19.8. The number of halogens is 1. The van der Waals surface area contributed by atoms with Crippen molar-refractivity contribution in [1.29, 1.82) is 0 Å². The molecule has 0 saturated carbocycles. The van der Waals surface area contributed by atoms with Crippen LogP contribution in [0.4, 0.5) is 0 Å². The summed E-state index contributed by atoms with van der Waals surface area (Å²) in [6, 6.07) is -0.0678. The molecular weight excluding hydrogens is 507 g/mol. The Morgan fingerprint density at radius 1 is 1.03 bits per heavy atom. The smallest absolute Gasteiger partial charge is 0.239 e. The summed E-state index contributed by atoms with van der Waals surface area (Å²) in [4.78, 5) is 23.4. The maximum Gasteiger partial charge on any atom is 0.239 e. The van der Waals surface area contributed by atoms with Crippen molar-refractivity contribution in [2.24, 2.45) is 4.99 Å². The second kappa shape index (κ2) is 12.9. The molecule has 2 aliphatic rings. The van der Waals surface area contributed by atoms with Crippen molar-refractivity contribution < 1.29 is 13.2 Å². The molecule has 0 aromatic rings. The van der Waals surface area contributed by atoms with Gasteiger partial charge in [-0.1, -0.05) is 0 Å². The second-order valence-corrected chi connectivity index (χ2v) is 9.45. The summed E-state index contributed by atoms with van der Waals surface area (Å²) in [5.41, 5.74) is 0. The third-order valence-corrected chi connectivity index (χ3v) is 6.89. The van der Waals surface area contributed by atoms with Crippen LogP contribution >= 0.6 is 24.0 Å². The molecule has 2 fully saturated rings. The number of piperazine rings is 1. The molecule has 2 rings (SSSR count). The van der Waals surface area contributed by atoms with Crippen LogP contribution in [0.3, 0.4) is 0 Å². The molecule has 2 heterocycles. The van der Waals surface area contributed by atoms with Gasteiger partial charge in [0.25, 0.3) is 0 Å². The molecule has 1 amide bonds. The molecule has 2 N–H and O–H groups in total. The molecule has 29 heavy (non-hydrogen) atoms. The highest BCUT2D eigenvalue weighted by molar-refractivity contribution is 14.0. The van der Waals surface area contributed by atoms with Crippen LogP contribution in [0.1, 0.15) is 33.1 Å². The lowest BCUT2D eigenvalue weighted by Gasteiger charge is -2.39. The van der Waals surface area contributed by atoms with Crippen LogP contribution in [0.15, 0.2) is 4.99 Å². The lowest BCUT2D eigenvalue weighted by Crippen LogP contribution is -2.57. The number of hydrogen-bond acceptors (Lipinski definition) is 5. The fourth-order valence-electron chi connectivity index (χ4n) is 3.63. The number of carbonyl (C=O) groups excluding carboxylic acids is 1. The average molecular weight is 545 g/mol. The topological polar surface area (TPSA) is 97.3 Å². The number of guanidine groups is 1. The Hall–Kier alpha value is -0.660. The second-order valence-electron chi connectivity index (χ2n) is 7.36. The van der Waals surface area contributed by atoms with Gasteiger partial charge < -0.3 is 15.1 Å². The molecule has 1 unspecified atom stereocenters. The number of likely N-dealkylation sites (tertiary alicyclic amines) is 1. The Labute approximate surface area is 192 Å². The number of nitrogens with one attached hydrogen (secondary N) is 2. The van der Waals surface area contributed by atoms with Gasteiger partial charge in [0.1, 0.15) is 0 Å². The molecule has 0 aromatic heterocycles. The van der Waals surface area contributed by atoms with Crippen LogP contribution in [0, 0.1) is 0 Å². The minimum absolute atomic E-state index is 0. The van der Waals surface area contributed by atoms with Crippen LogP contribution in [-0.2, 0) is 14.8 Å². The number of rotatable bonds is 8. The fourth-order valence-corrected chi connectivity index (χ4v) is 4.29. The number of nitrogens with zero attached hydrogens (tertiary/aromatic N) is 4. The van der Waals surface area contributed by atoms with Gasteiger partial charge in [0.05, 0.1) is 11.8 Å². The molecule has 0 bridgehead atoms. The van der Waals surface area contributed by atoms with E-state index in [1.54, 1.807) is 14.0 Å². The number of aliphatic imine (C=N–C) groups is 1. The predicted molar refractivity (Wildman–Crippen MR) is 127 cm³/mol. The molecule has 170 valence electrons. The molecule has 0 radical (unpaired) electrons. The van der Waals surface area contributed by atoms with Gasteiger partial charge in [-0.3, -0.25) is 14.7 Å². The lowest BCUT2D eigenvalue weighted by molar-refractivity contribution is -0.135. The van der Waals surface area contributed by atoms with E-state index in [0.29, 0.717) is 19.5 Å². The van der Waals surface area contributed by atoms with Gasteiger partial charge in [-0.25, -0.2) is 13.1 Å². The van der Waals surface area contributed by atoms with Crippen molar-refractivity contribution in [3.63, 3.8) is 0 Å². The van der Waals surface area contributed by atoms with Crippen LogP contribution in [0.2, 0.25) is 0 Å². The van der Waals surface area contributed by atoms with Crippen LogP contribution in [-0.4, -0.2) is 106 Å². The summed E-state index contributed by atoms with van der Waals surface area (Å²) in [7, 11) is -1.37. The molecule has 9 nitrogen and oxygen atoms in total. The summed E-state index contributed by atoms with van der Waals surface area (Å²) in [5.74, 6) is 1.19. The molecule has 0 aliphatic carbocycles. The van der Waals surface area contributed by atoms with Crippen LogP contribution < -0.4 is 10.0 Å². The van der Waals surface area contributed by atoms with Crippen molar-refractivity contribution in [2.45, 2.75) is 39.2 Å². The summed E-state index contributed by atoms with van der Waals surface area (Å²) in [6.45, 7) is 9.81. The van der Waals surface area contributed by atoms with Gasteiger partial charge >= 0.3 is 0 Å². The van der Waals surface area contributed by atoms with Gasteiger partial charge in [-0.05, 0) is 33.1 Å². The predicted octanol–water partition coefficient (Wildman–Crippen LogP) is 0.138. The third kappa shape index (κ3) is 8.18.